The van der Waals surface area contributed by atoms with Gasteiger partial charge in [0.15, 0.2) is 11.6 Å². The number of halogens is 2. The topological polar surface area (TPSA) is 49.7 Å². The van der Waals surface area contributed by atoms with Crippen molar-refractivity contribution in [2.75, 3.05) is 6.61 Å². The highest BCUT2D eigenvalue weighted by atomic mass is 32.1. The van der Waals surface area contributed by atoms with Crippen LogP contribution in [0.3, 0.4) is 0 Å². The molecule has 120 valence electrons. The van der Waals surface area contributed by atoms with Crippen molar-refractivity contribution in [3.63, 3.8) is 0 Å². The van der Waals surface area contributed by atoms with Crippen LogP contribution in [0, 0.1) is 11.6 Å². The predicted octanol–water partition coefficient (Wildman–Crippen LogP) is 3.19. The maximum atomic E-state index is 14.6. The van der Waals surface area contributed by atoms with E-state index in [1.54, 1.807) is 18.2 Å². The second kappa shape index (κ2) is 6.43. The highest BCUT2D eigenvalue weighted by molar-refractivity contribution is 7.26. The van der Waals surface area contributed by atoms with Gasteiger partial charge in [0.05, 0.1) is 16.0 Å². The second-order valence-corrected chi connectivity index (χ2v) is 6.30. The van der Waals surface area contributed by atoms with Crippen LogP contribution in [0.2, 0.25) is 0 Å². The average Bonchev–Trinajstić information content (AvgIpc) is 2.90. The van der Waals surface area contributed by atoms with Crippen LogP contribution in [-0.4, -0.2) is 23.8 Å². The van der Waals surface area contributed by atoms with E-state index in [4.69, 9.17) is 4.74 Å². The van der Waals surface area contributed by atoms with Gasteiger partial charge in [-0.25, -0.2) is 8.78 Å². The van der Waals surface area contributed by atoms with Gasteiger partial charge in [-0.15, -0.1) is 11.3 Å². The highest BCUT2D eigenvalue weighted by Crippen LogP contribution is 2.39. The van der Waals surface area contributed by atoms with E-state index in [1.165, 1.54) is 6.07 Å². The summed E-state index contributed by atoms with van der Waals surface area (Å²) in [4.78, 5) is 0. The Morgan fingerprint density at radius 1 is 1.04 bits per heavy atom. The first-order chi connectivity index (χ1) is 11.0. The maximum absolute atomic E-state index is 14.6. The third kappa shape index (κ3) is 2.80. The minimum Gasteiger partial charge on any atom is -0.490 e. The number of rotatable bonds is 5. The molecule has 23 heavy (non-hydrogen) atoms. The van der Waals surface area contributed by atoms with Gasteiger partial charge in [-0.2, -0.15) is 0 Å². The molecular formula is C16H15BF2O3S. The molecule has 0 aliphatic rings. The van der Waals surface area contributed by atoms with E-state index in [-0.39, 0.29) is 15.9 Å². The van der Waals surface area contributed by atoms with Crippen molar-refractivity contribution in [2.45, 2.75) is 19.8 Å². The van der Waals surface area contributed by atoms with Gasteiger partial charge in [0, 0.05) is 16.2 Å². The lowest BCUT2D eigenvalue weighted by Crippen LogP contribution is -2.32. The van der Waals surface area contributed by atoms with E-state index < -0.39 is 18.8 Å². The Bertz CT molecular complexity index is 864. The molecule has 3 nitrogen and oxygen atoms in total. The molecule has 0 bridgehead atoms. The fourth-order valence-corrected chi connectivity index (χ4v) is 3.65. The molecule has 0 saturated carbocycles. The normalized spacial score (nSPS) is 11.3. The molecule has 1 aromatic heterocycles. The molecule has 0 spiro atoms. The van der Waals surface area contributed by atoms with E-state index in [9.17, 15) is 18.8 Å². The van der Waals surface area contributed by atoms with Crippen LogP contribution in [0.1, 0.15) is 19.8 Å². The molecule has 3 aromatic rings. The van der Waals surface area contributed by atoms with Gasteiger partial charge in [-0.3, -0.25) is 0 Å². The number of fused-ring (bicyclic) bond motifs is 3. The van der Waals surface area contributed by atoms with Gasteiger partial charge in [-0.1, -0.05) is 25.5 Å². The van der Waals surface area contributed by atoms with Crippen molar-refractivity contribution in [3.8, 4) is 5.75 Å². The van der Waals surface area contributed by atoms with Crippen LogP contribution in [-0.2, 0) is 0 Å². The summed E-state index contributed by atoms with van der Waals surface area (Å²) in [6.07, 6.45) is 1.78. The maximum Gasteiger partial charge on any atom is 0.491 e. The fourth-order valence-electron chi connectivity index (χ4n) is 2.47. The lowest BCUT2D eigenvalue weighted by molar-refractivity contribution is 0.295. The Labute approximate surface area is 136 Å². The van der Waals surface area contributed by atoms with E-state index >= 15 is 0 Å². The van der Waals surface area contributed by atoms with E-state index in [2.05, 4.69) is 0 Å². The summed E-state index contributed by atoms with van der Waals surface area (Å²) >= 11 is 0.948. The molecule has 0 radical (unpaired) electrons. The van der Waals surface area contributed by atoms with E-state index in [1.807, 2.05) is 6.92 Å². The van der Waals surface area contributed by atoms with Gasteiger partial charge in [0.25, 0.3) is 0 Å². The number of hydrogen-bond acceptors (Lipinski definition) is 4. The van der Waals surface area contributed by atoms with Crippen molar-refractivity contribution in [3.05, 3.63) is 35.9 Å². The predicted molar refractivity (Wildman–Crippen MR) is 89.5 cm³/mol. The Kier molecular flexibility index (Phi) is 4.52. The lowest BCUT2D eigenvalue weighted by Gasteiger charge is -2.06. The van der Waals surface area contributed by atoms with Gasteiger partial charge in [0.1, 0.15) is 5.82 Å². The summed E-state index contributed by atoms with van der Waals surface area (Å²) in [6.45, 7) is 2.45. The molecule has 0 aliphatic carbocycles. The zero-order valence-corrected chi connectivity index (χ0v) is 13.3. The van der Waals surface area contributed by atoms with Crippen molar-refractivity contribution in [2.24, 2.45) is 0 Å². The number of hydrogen-bond donors (Lipinski definition) is 2. The molecule has 3 rings (SSSR count). The summed E-state index contributed by atoms with van der Waals surface area (Å²) in [5.74, 6) is -1.09. The number of ether oxygens (including phenoxy) is 1. The third-order valence-electron chi connectivity index (χ3n) is 3.72. The monoisotopic (exact) mass is 336 g/mol. The van der Waals surface area contributed by atoms with E-state index in [0.717, 1.165) is 24.2 Å². The summed E-state index contributed by atoms with van der Waals surface area (Å²) in [7, 11) is -1.90. The molecule has 0 atom stereocenters. The van der Waals surface area contributed by atoms with Gasteiger partial charge in [0.2, 0.25) is 0 Å². The molecule has 0 saturated heterocycles. The van der Waals surface area contributed by atoms with Crippen LogP contribution in [0.4, 0.5) is 8.78 Å². The van der Waals surface area contributed by atoms with Crippen molar-refractivity contribution < 1.29 is 23.6 Å². The first kappa shape index (κ1) is 16.2. The first-order valence-electron chi connectivity index (χ1n) is 7.36. The Balaban J connectivity index is 2.15. The first-order valence-corrected chi connectivity index (χ1v) is 8.18. The molecular weight excluding hydrogens is 321 g/mol. The van der Waals surface area contributed by atoms with E-state index in [0.29, 0.717) is 22.1 Å². The molecule has 2 N–H and O–H groups in total. The Morgan fingerprint density at radius 2 is 1.70 bits per heavy atom. The van der Waals surface area contributed by atoms with Crippen molar-refractivity contribution >= 4 is 44.1 Å². The van der Waals surface area contributed by atoms with Crippen LogP contribution < -0.4 is 10.2 Å². The average molecular weight is 336 g/mol. The van der Waals surface area contributed by atoms with Crippen molar-refractivity contribution in [1.29, 1.82) is 0 Å². The SMILES string of the molecule is CCCCOc1ccc2c(sc3c(F)c(B(O)O)ccc32)c1F. The van der Waals surface area contributed by atoms with Gasteiger partial charge < -0.3 is 14.8 Å². The summed E-state index contributed by atoms with van der Waals surface area (Å²) in [5.41, 5.74) is -0.219. The van der Waals surface area contributed by atoms with Crippen LogP contribution >= 0.6 is 11.3 Å². The molecule has 0 fully saturated rings. The van der Waals surface area contributed by atoms with Crippen LogP contribution in [0.5, 0.6) is 5.75 Å². The Morgan fingerprint density at radius 3 is 2.35 bits per heavy atom. The zero-order valence-electron chi connectivity index (χ0n) is 12.5. The fraction of sp³-hybridized carbons (Fsp3) is 0.250. The Hall–Kier alpha value is -1.70. The standard InChI is InChI=1S/C16H15BF2O3S/c1-2-3-8-22-12-7-5-10-9-4-6-11(17(20)21)13(18)15(9)23-16(10)14(12)19/h4-7,20-21H,2-3,8H2,1H3. The number of thiophene rings is 1. The summed E-state index contributed by atoms with van der Waals surface area (Å²) in [6, 6.07) is 6.13. The molecule has 0 amide bonds. The van der Waals surface area contributed by atoms with Gasteiger partial charge in [-0.05, 0) is 18.6 Å². The minimum atomic E-state index is -1.90. The number of benzene rings is 2. The highest BCUT2D eigenvalue weighted by Gasteiger charge is 2.22. The lowest BCUT2D eigenvalue weighted by atomic mass is 9.79. The molecule has 1 heterocycles. The van der Waals surface area contributed by atoms with Crippen LogP contribution in [0.25, 0.3) is 20.2 Å². The summed E-state index contributed by atoms with van der Waals surface area (Å²) in [5, 5.41) is 19.5. The largest absolute Gasteiger partial charge is 0.491 e. The minimum absolute atomic E-state index is 0.153. The molecule has 0 aliphatic heterocycles. The second-order valence-electron chi connectivity index (χ2n) is 5.28. The molecule has 7 heteroatoms. The van der Waals surface area contributed by atoms with Crippen LogP contribution in [0.15, 0.2) is 24.3 Å². The zero-order chi connectivity index (χ0) is 16.6. The number of unbranched alkanes of at least 4 members (excludes halogenated alkanes) is 1. The van der Waals surface area contributed by atoms with Crippen molar-refractivity contribution in [1.82, 2.24) is 0 Å². The quantitative estimate of drug-likeness (QED) is 0.556. The van der Waals surface area contributed by atoms with Gasteiger partial charge >= 0.3 is 7.12 Å². The third-order valence-corrected chi connectivity index (χ3v) is 4.92. The molecule has 0 unspecified atom stereocenters. The smallest absolute Gasteiger partial charge is 0.490 e. The molecule has 2 aromatic carbocycles. The summed E-state index contributed by atoms with van der Waals surface area (Å²) < 4.78 is 34.9.